The maximum absolute atomic E-state index is 13.0. The van der Waals surface area contributed by atoms with Crippen molar-refractivity contribution in [3.05, 3.63) is 52.8 Å². The minimum Gasteiger partial charge on any atom is -0.495 e. The van der Waals surface area contributed by atoms with E-state index in [4.69, 9.17) is 4.74 Å². The number of fused-ring (bicyclic) bond motifs is 1. The fraction of sp³-hybridized carbons (Fsp3) is 0.391. The molecule has 9 heteroatoms. The summed E-state index contributed by atoms with van der Waals surface area (Å²) in [7, 11) is -1.94. The number of sulfonamides is 1. The van der Waals surface area contributed by atoms with Gasteiger partial charge in [-0.3, -0.25) is 4.79 Å². The SMILES string of the molecule is CCn1c(=NC(=O)c2ccc(S(=O)(=O)N3CCC[C@H](C)C3)cc2)sc2cccc(OC)c21. The Morgan fingerprint density at radius 3 is 2.62 bits per heavy atom. The van der Waals surface area contributed by atoms with Crippen LogP contribution in [0.3, 0.4) is 0 Å². The third kappa shape index (κ3) is 4.24. The molecule has 0 unspecified atom stereocenters. The number of methoxy groups -OCH3 is 1. The number of thiazole rings is 1. The Kier molecular flexibility index (Phi) is 6.50. The number of ether oxygens (including phenoxy) is 1. The predicted octanol–water partition coefficient (Wildman–Crippen LogP) is 3.89. The van der Waals surface area contributed by atoms with E-state index in [0.717, 1.165) is 28.8 Å². The molecule has 1 atom stereocenters. The number of carbonyl (C=O) groups is 1. The molecule has 170 valence electrons. The average molecular weight is 474 g/mol. The second-order valence-electron chi connectivity index (χ2n) is 7.99. The summed E-state index contributed by atoms with van der Waals surface area (Å²) in [5, 5.41) is 0. The lowest BCUT2D eigenvalue weighted by Crippen LogP contribution is -2.39. The molecule has 2 heterocycles. The summed E-state index contributed by atoms with van der Waals surface area (Å²) in [5.74, 6) is 0.674. The summed E-state index contributed by atoms with van der Waals surface area (Å²) in [6.45, 7) is 5.76. The Morgan fingerprint density at radius 2 is 1.97 bits per heavy atom. The monoisotopic (exact) mass is 473 g/mol. The van der Waals surface area contributed by atoms with Gasteiger partial charge < -0.3 is 9.30 Å². The smallest absolute Gasteiger partial charge is 0.279 e. The summed E-state index contributed by atoms with van der Waals surface area (Å²) in [5.41, 5.74) is 1.26. The topological polar surface area (TPSA) is 81.0 Å². The fourth-order valence-corrected chi connectivity index (χ4v) is 6.78. The van der Waals surface area contributed by atoms with Crippen LogP contribution in [0, 0.1) is 5.92 Å². The van der Waals surface area contributed by atoms with Gasteiger partial charge in [-0.25, -0.2) is 8.42 Å². The van der Waals surface area contributed by atoms with E-state index >= 15 is 0 Å². The Morgan fingerprint density at radius 1 is 1.22 bits per heavy atom. The van der Waals surface area contributed by atoms with Crippen molar-refractivity contribution in [2.45, 2.75) is 38.1 Å². The van der Waals surface area contributed by atoms with Crippen LogP contribution < -0.4 is 9.54 Å². The highest BCUT2D eigenvalue weighted by atomic mass is 32.2. The summed E-state index contributed by atoms with van der Waals surface area (Å²) in [6, 6.07) is 11.8. The zero-order valence-corrected chi connectivity index (χ0v) is 20.1. The number of hydrogen-bond donors (Lipinski definition) is 0. The van der Waals surface area contributed by atoms with Crippen LogP contribution in [0.4, 0.5) is 0 Å². The van der Waals surface area contributed by atoms with Crippen molar-refractivity contribution >= 4 is 37.5 Å². The van der Waals surface area contributed by atoms with E-state index in [1.165, 1.54) is 39.9 Å². The second-order valence-corrected chi connectivity index (χ2v) is 10.9. The maximum atomic E-state index is 13.0. The number of benzene rings is 2. The van der Waals surface area contributed by atoms with E-state index in [9.17, 15) is 13.2 Å². The second kappa shape index (κ2) is 9.17. The molecule has 7 nitrogen and oxygen atoms in total. The minimum absolute atomic E-state index is 0.207. The van der Waals surface area contributed by atoms with Gasteiger partial charge in [0.25, 0.3) is 5.91 Å². The van der Waals surface area contributed by atoms with Crippen molar-refractivity contribution < 1.29 is 17.9 Å². The molecule has 1 aliphatic heterocycles. The molecule has 4 rings (SSSR count). The van der Waals surface area contributed by atoms with Gasteiger partial charge in [-0.1, -0.05) is 24.3 Å². The molecule has 1 amide bonds. The third-order valence-corrected chi connectivity index (χ3v) is 8.68. The number of hydrogen-bond acceptors (Lipinski definition) is 5. The lowest BCUT2D eigenvalue weighted by Gasteiger charge is -2.30. The van der Waals surface area contributed by atoms with Gasteiger partial charge in [-0.15, -0.1) is 0 Å². The molecular weight excluding hydrogens is 446 g/mol. The molecule has 1 aromatic heterocycles. The van der Waals surface area contributed by atoms with Crippen LogP contribution in [0.2, 0.25) is 0 Å². The van der Waals surface area contributed by atoms with Crippen molar-refractivity contribution in [1.29, 1.82) is 0 Å². The highest BCUT2D eigenvalue weighted by molar-refractivity contribution is 7.89. The van der Waals surface area contributed by atoms with Crippen molar-refractivity contribution in [2.75, 3.05) is 20.2 Å². The maximum Gasteiger partial charge on any atom is 0.279 e. The van der Waals surface area contributed by atoms with Crippen molar-refractivity contribution in [3.8, 4) is 5.75 Å². The van der Waals surface area contributed by atoms with Gasteiger partial charge in [-0.2, -0.15) is 9.30 Å². The van der Waals surface area contributed by atoms with E-state index in [2.05, 4.69) is 11.9 Å². The number of piperidine rings is 1. The highest BCUT2D eigenvalue weighted by Gasteiger charge is 2.28. The number of amides is 1. The first-order chi connectivity index (χ1) is 15.3. The van der Waals surface area contributed by atoms with Gasteiger partial charge in [0.1, 0.15) is 11.3 Å². The average Bonchev–Trinajstić information content (AvgIpc) is 3.16. The van der Waals surface area contributed by atoms with Crippen molar-refractivity contribution in [2.24, 2.45) is 10.9 Å². The van der Waals surface area contributed by atoms with Crippen LogP contribution in [0.5, 0.6) is 5.75 Å². The quantitative estimate of drug-likeness (QED) is 0.563. The van der Waals surface area contributed by atoms with Gasteiger partial charge >= 0.3 is 0 Å². The zero-order chi connectivity index (χ0) is 22.9. The van der Waals surface area contributed by atoms with Crippen LogP contribution >= 0.6 is 11.3 Å². The molecule has 0 spiro atoms. The molecule has 0 aliphatic carbocycles. The molecular formula is C23H27N3O4S2. The minimum atomic E-state index is -3.56. The Hall–Kier alpha value is -2.49. The zero-order valence-electron chi connectivity index (χ0n) is 18.4. The molecule has 0 saturated carbocycles. The van der Waals surface area contributed by atoms with E-state index in [0.29, 0.717) is 35.9 Å². The number of aryl methyl sites for hydroxylation is 1. The van der Waals surface area contributed by atoms with Crippen LogP contribution in [-0.4, -0.2) is 43.4 Å². The lowest BCUT2D eigenvalue weighted by atomic mass is 10.0. The molecule has 1 aliphatic rings. The molecule has 1 saturated heterocycles. The largest absolute Gasteiger partial charge is 0.495 e. The number of rotatable bonds is 5. The van der Waals surface area contributed by atoms with Crippen molar-refractivity contribution in [1.82, 2.24) is 8.87 Å². The summed E-state index contributed by atoms with van der Waals surface area (Å²) >= 11 is 1.42. The molecule has 0 bridgehead atoms. The van der Waals surface area contributed by atoms with E-state index < -0.39 is 15.9 Å². The first-order valence-corrected chi connectivity index (χ1v) is 13.0. The first-order valence-electron chi connectivity index (χ1n) is 10.7. The molecule has 0 N–H and O–H groups in total. The molecule has 3 aromatic rings. The Labute approximate surface area is 192 Å². The summed E-state index contributed by atoms with van der Waals surface area (Å²) < 4.78 is 35.8. The summed E-state index contributed by atoms with van der Waals surface area (Å²) in [4.78, 5) is 18.0. The number of para-hydroxylation sites is 1. The van der Waals surface area contributed by atoms with Gasteiger partial charge in [0.15, 0.2) is 4.80 Å². The Balaban J connectivity index is 1.64. The van der Waals surface area contributed by atoms with Crippen LogP contribution in [0.25, 0.3) is 10.2 Å². The third-order valence-electron chi connectivity index (χ3n) is 5.76. The summed E-state index contributed by atoms with van der Waals surface area (Å²) in [6.07, 6.45) is 1.91. The van der Waals surface area contributed by atoms with Crippen LogP contribution in [-0.2, 0) is 16.6 Å². The number of aromatic nitrogens is 1. The molecule has 0 radical (unpaired) electrons. The van der Waals surface area contributed by atoms with E-state index in [-0.39, 0.29) is 4.90 Å². The van der Waals surface area contributed by atoms with Crippen LogP contribution in [0.15, 0.2) is 52.4 Å². The highest BCUT2D eigenvalue weighted by Crippen LogP contribution is 2.27. The number of nitrogens with zero attached hydrogens (tertiary/aromatic N) is 3. The number of carbonyl (C=O) groups excluding carboxylic acids is 1. The molecule has 32 heavy (non-hydrogen) atoms. The van der Waals surface area contributed by atoms with Gasteiger partial charge in [0.05, 0.1) is 16.7 Å². The Bertz CT molecular complexity index is 1310. The first kappa shape index (κ1) is 22.7. The standard InChI is InChI=1S/C23H27N3O4S2/c1-4-26-21-19(30-3)8-5-9-20(21)31-23(26)24-22(27)17-10-12-18(13-11-17)32(28,29)25-14-6-7-16(2)15-25/h5,8-13,16H,4,6-7,14-15H2,1-3H3/t16-/m0/s1. The van der Waals surface area contributed by atoms with E-state index in [1.807, 2.05) is 29.7 Å². The van der Waals surface area contributed by atoms with Gasteiger partial charge in [0.2, 0.25) is 10.0 Å². The van der Waals surface area contributed by atoms with Crippen molar-refractivity contribution in [3.63, 3.8) is 0 Å². The molecule has 2 aromatic carbocycles. The predicted molar refractivity (Wildman–Crippen MR) is 126 cm³/mol. The molecule has 1 fully saturated rings. The van der Waals surface area contributed by atoms with Gasteiger partial charge in [-0.05, 0) is 62.1 Å². The van der Waals surface area contributed by atoms with E-state index in [1.54, 1.807) is 7.11 Å². The van der Waals surface area contributed by atoms with Crippen LogP contribution in [0.1, 0.15) is 37.0 Å². The normalized spacial score (nSPS) is 18.2. The van der Waals surface area contributed by atoms with Gasteiger partial charge in [0, 0.05) is 25.2 Å². The fourth-order valence-electron chi connectivity index (χ4n) is 4.08. The lowest BCUT2D eigenvalue weighted by molar-refractivity contribution is 0.0997.